The summed E-state index contributed by atoms with van der Waals surface area (Å²) >= 11 is 0. The van der Waals surface area contributed by atoms with Crippen LogP contribution in [0.3, 0.4) is 0 Å². The lowest BCUT2D eigenvalue weighted by Gasteiger charge is -2.24. The van der Waals surface area contributed by atoms with Crippen molar-refractivity contribution in [2.75, 3.05) is 12.3 Å². The Labute approximate surface area is 122 Å². The van der Waals surface area contributed by atoms with Crippen LogP contribution in [0, 0.1) is 11.8 Å². The number of anilines is 1. The van der Waals surface area contributed by atoms with E-state index in [4.69, 9.17) is 10.5 Å². The van der Waals surface area contributed by atoms with Gasteiger partial charge in [-0.1, -0.05) is 19.1 Å². The number of ether oxygens (including phenoxy) is 1. The van der Waals surface area contributed by atoms with Crippen molar-refractivity contribution in [2.24, 2.45) is 11.8 Å². The first-order valence-corrected chi connectivity index (χ1v) is 7.02. The highest BCUT2D eigenvalue weighted by molar-refractivity contribution is 5.24. The predicted molar refractivity (Wildman–Crippen MR) is 77.9 cm³/mol. The van der Waals surface area contributed by atoms with Crippen LogP contribution in [0.4, 0.5) is 5.95 Å². The Morgan fingerprint density at radius 1 is 1.29 bits per heavy atom. The minimum atomic E-state index is 0.127. The zero-order valence-corrected chi connectivity index (χ0v) is 11.9. The molecule has 0 radical (unpaired) electrons. The number of nitrogens with zero attached hydrogens (tertiary/aromatic N) is 5. The molecule has 1 aliphatic carbocycles. The van der Waals surface area contributed by atoms with E-state index in [9.17, 15) is 0 Å². The summed E-state index contributed by atoms with van der Waals surface area (Å²) in [4.78, 5) is 12.3. The van der Waals surface area contributed by atoms with Gasteiger partial charge in [0.15, 0.2) is 0 Å². The number of hydrogen-bond acceptors (Lipinski definition) is 6. The van der Waals surface area contributed by atoms with Gasteiger partial charge in [0.25, 0.3) is 5.95 Å². The first kappa shape index (κ1) is 13.5. The van der Waals surface area contributed by atoms with E-state index in [2.05, 4.69) is 39.1 Å². The Bertz CT molecular complexity index is 624. The van der Waals surface area contributed by atoms with E-state index in [0.717, 1.165) is 12.8 Å². The van der Waals surface area contributed by atoms with Gasteiger partial charge in [0, 0.05) is 12.4 Å². The highest BCUT2D eigenvalue weighted by Crippen LogP contribution is 2.25. The molecular formula is C14H18N6O. The summed E-state index contributed by atoms with van der Waals surface area (Å²) in [6, 6.07) is 2.03. The Morgan fingerprint density at radius 3 is 2.90 bits per heavy atom. The largest absolute Gasteiger partial charge is 0.463 e. The van der Waals surface area contributed by atoms with Gasteiger partial charge in [-0.2, -0.15) is 20.1 Å². The third kappa shape index (κ3) is 3.18. The fraction of sp³-hybridized carbons (Fsp3) is 0.429. The Kier molecular flexibility index (Phi) is 3.81. The number of aromatic nitrogens is 5. The second kappa shape index (κ2) is 5.90. The third-order valence-corrected chi connectivity index (χ3v) is 3.67. The molecule has 0 fully saturated rings. The molecule has 0 saturated heterocycles. The summed E-state index contributed by atoms with van der Waals surface area (Å²) in [5.41, 5.74) is 5.71. The van der Waals surface area contributed by atoms with Gasteiger partial charge in [0.05, 0.1) is 6.61 Å². The third-order valence-electron chi connectivity index (χ3n) is 3.67. The monoisotopic (exact) mass is 286 g/mol. The molecule has 0 amide bonds. The predicted octanol–water partition coefficient (Wildman–Crippen LogP) is 1.62. The molecule has 2 heterocycles. The van der Waals surface area contributed by atoms with Gasteiger partial charge < -0.3 is 10.5 Å². The highest BCUT2D eigenvalue weighted by atomic mass is 16.5. The highest BCUT2D eigenvalue weighted by Gasteiger charge is 2.19. The average molecular weight is 286 g/mol. The summed E-state index contributed by atoms with van der Waals surface area (Å²) in [5, 5.41) is 4.07. The van der Waals surface area contributed by atoms with Gasteiger partial charge in [-0.15, -0.1) is 0 Å². The summed E-state index contributed by atoms with van der Waals surface area (Å²) < 4.78 is 7.24. The summed E-state index contributed by atoms with van der Waals surface area (Å²) in [7, 11) is 0. The second-order valence-electron chi connectivity index (χ2n) is 5.22. The van der Waals surface area contributed by atoms with Crippen LogP contribution in [0.5, 0.6) is 6.01 Å². The van der Waals surface area contributed by atoms with Crippen molar-refractivity contribution in [2.45, 2.75) is 19.8 Å². The maximum atomic E-state index is 5.72. The van der Waals surface area contributed by atoms with Crippen LogP contribution < -0.4 is 10.5 Å². The molecule has 0 aromatic carbocycles. The molecule has 3 rings (SSSR count). The van der Waals surface area contributed by atoms with Crippen molar-refractivity contribution in [3.8, 4) is 12.0 Å². The molecule has 2 aromatic rings. The molecule has 2 atom stereocenters. The normalized spacial score (nSPS) is 21.4. The lowest BCUT2D eigenvalue weighted by atomic mass is 9.85. The number of rotatable bonds is 4. The molecule has 7 nitrogen and oxygen atoms in total. The van der Waals surface area contributed by atoms with E-state index in [-0.39, 0.29) is 12.0 Å². The molecule has 0 saturated carbocycles. The molecular weight excluding hydrogens is 268 g/mol. The lowest BCUT2D eigenvalue weighted by Crippen LogP contribution is -2.22. The standard InChI is InChI=1S/C14H18N6O/c1-10-5-2-3-6-11(10)9-21-14-18-12(15)17-13(19-14)20-8-4-7-16-20/h2-4,7-8,10-11H,5-6,9H2,1H3,(H2,15,17,18,19). The second-order valence-corrected chi connectivity index (χ2v) is 5.22. The van der Waals surface area contributed by atoms with E-state index < -0.39 is 0 Å². The van der Waals surface area contributed by atoms with Crippen molar-refractivity contribution in [3.05, 3.63) is 30.6 Å². The molecule has 0 aliphatic heterocycles. The van der Waals surface area contributed by atoms with Crippen LogP contribution in [0.2, 0.25) is 0 Å². The van der Waals surface area contributed by atoms with Crippen molar-refractivity contribution in [1.82, 2.24) is 24.7 Å². The number of hydrogen-bond donors (Lipinski definition) is 1. The van der Waals surface area contributed by atoms with Gasteiger partial charge in [0.1, 0.15) is 0 Å². The van der Waals surface area contributed by atoms with Crippen molar-refractivity contribution in [3.63, 3.8) is 0 Å². The van der Waals surface area contributed by atoms with Gasteiger partial charge in [-0.3, -0.25) is 0 Å². The molecule has 0 bridgehead atoms. The fourth-order valence-corrected chi connectivity index (χ4v) is 2.34. The maximum absolute atomic E-state index is 5.72. The summed E-state index contributed by atoms with van der Waals surface area (Å²) in [6.07, 6.45) is 9.92. The van der Waals surface area contributed by atoms with E-state index in [1.807, 2.05) is 0 Å². The first-order chi connectivity index (χ1) is 10.2. The van der Waals surface area contributed by atoms with Gasteiger partial charge in [0.2, 0.25) is 5.95 Å². The number of nitrogen functional groups attached to an aromatic ring is 1. The minimum Gasteiger partial charge on any atom is -0.463 e. The maximum Gasteiger partial charge on any atom is 0.323 e. The van der Waals surface area contributed by atoms with Crippen LogP contribution in [0.15, 0.2) is 30.6 Å². The summed E-state index contributed by atoms with van der Waals surface area (Å²) in [5.74, 6) is 1.56. The van der Waals surface area contributed by atoms with Crippen LogP contribution in [-0.4, -0.2) is 31.3 Å². The molecule has 7 heteroatoms. The molecule has 2 aromatic heterocycles. The minimum absolute atomic E-state index is 0.127. The average Bonchev–Trinajstić information content (AvgIpc) is 3.00. The quantitative estimate of drug-likeness (QED) is 0.859. The topological polar surface area (TPSA) is 91.7 Å². The van der Waals surface area contributed by atoms with Crippen LogP contribution in [0.25, 0.3) is 5.95 Å². The van der Waals surface area contributed by atoms with Crippen LogP contribution in [-0.2, 0) is 0 Å². The summed E-state index contributed by atoms with van der Waals surface area (Å²) in [6.45, 7) is 2.81. The Morgan fingerprint density at radius 2 is 2.14 bits per heavy atom. The van der Waals surface area contributed by atoms with Crippen molar-refractivity contribution in [1.29, 1.82) is 0 Å². The molecule has 2 unspecified atom stereocenters. The Balaban J connectivity index is 1.72. The van der Waals surface area contributed by atoms with Crippen molar-refractivity contribution >= 4 is 5.95 Å². The lowest BCUT2D eigenvalue weighted by molar-refractivity contribution is 0.186. The SMILES string of the molecule is CC1CC=CCC1COc1nc(N)nc(-n2cccn2)n1. The van der Waals surface area contributed by atoms with Crippen LogP contribution in [0.1, 0.15) is 19.8 Å². The van der Waals surface area contributed by atoms with Crippen LogP contribution >= 0.6 is 0 Å². The zero-order chi connectivity index (χ0) is 14.7. The molecule has 1 aliphatic rings. The molecule has 21 heavy (non-hydrogen) atoms. The van der Waals surface area contributed by atoms with Gasteiger partial charge in [-0.05, 0) is 30.7 Å². The first-order valence-electron chi connectivity index (χ1n) is 7.02. The molecule has 110 valence electrons. The van der Waals surface area contributed by atoms with E-state index in [1.54, 1.807) is 18.5 Å². The van der Waals surface area contributed by atoms with Gasteiger partial charge in [-0.25, -0.2) is 4.68 Å². The fourth-order valence-electron chi connectivity index (χ4n) is 2.34. The van der Waals surface area contributed by atoms with Crippen molar-refractivity contribution < 1.29 is 4.74 Å². The molecule has 0 spiro atoms. The van der Waals surface area contributed by atoms with Gasteiger partial charge >= 0.3 is 6.01 Å². The van der Waals surface area contributed by atoms with E-state index in [1.165, 1.54) is 4.68 Å². The smallest absolute Gasteiger partial charge is 0.323 e. The number of allylic oxidation sites excluding steroid dienone is 2. The molecule has 2 N–H and O–H groups in total. The number of nitrogens with two attached hydrogens (primary N) is 1. The van der Waals surface area contributed by atoms with E-state index in [0.29, 0.717) is 24.4 Å². The van der Waals surface area contributed by atoms with E-state index >= 15 is 0 Å². The zero-order valence-electron chi connectivity index (χ0n) is 11.9. The Hall–Kier alpha value is -2.44.